The summed E-state index contributed by atoms with van der Waals surface area (Å²) >= 11 is 0. The molecule has 2 aromatic rings. The molecule has 1 aliphatic rings. The summed E-state index contributed by atoms with van der Waals surface area (Å²) in [6.07, 6.45) is 1.27. The lowest BCUT2D eigenvalue weighted by Crippen LogP contribution is -2.40. The number of amides is 2. The van der Waals surface area contributed by atoms with Gasteiger partial charge in [-0.05, 0) is 42.7 Å². The molecule has 3 rings (SSSR count). The number of nitrogens with zero attached hydrogens (tertiary/aromatic N) is 1. The Kier molecular flexibility index (Phi) is 7.08. The Balaban J connectivity index is 1.47. The van der Waals surface area contributed by atoms with E-state index in [4.69, 9.17) is 9.47 Å². The second-order valence-electron chi connectivity index (χ2n) is 6.97. The molecular weight excluding hydrogens is 372 g/mol. The standard InChI is InChI=1S/C22H26N2O5/c1-28-19-4-2-3-5-20(19)29-15-21(26)23-17-8-6-16(7-9-17)14-22(27)24-12-10-18(25)11-13-24/h2-9,18,25H,10-15H2,1H3,(H,23,26). The number of anilines is 1. The van der Waals surface area contributed by atoms with Gasteiger partial charge in [-0.3, -0.25) is 9.59 Å². The molecule has 0 saturated carbocycles. The summed E-state index contributed by atoms with van der Waals surface area (Å²) < 4.78 is 10.7. The van der Waals surface area contributed by atoms with E-state index in [-0.39, 0.29) is 24.5 Å². The highest BCUT2D eigenvalue weighted by Gasteiger charge is 2.21. The normalized spacial score (nSPS) is 14.3. The van der Waals surface area contributed by atoms with Crippen LogP contribution in [0.4, 0.5) is 5.69 Å². The number of benzene rings is 2. The summed E-state index contributed by atoms with van der Waals surface area (Å²) in [7, 11) is 1.54. The van der Waals surface area contributed by atoms with Gasteiger partial charge in [-0.1, -0.05) is 24.3 Å². The molecule has 29 heavy (non-hydrogen) atoms. The smallest absolute Gasteiger partial charge is 0.262 e. The number of nitrogens with one attached hydrogen (secondary N) is 1. The first kappa shape index (κ1) is 20.7. The number of aliphatic hydroxyl groups is 1. The van der Waals surface area contributed by atoms with Crippen molar-refractivity contribution in [2.45, 2.75) is 25.4 Å². The predicted molar refractivity (Wildman–Crippen MR) is 109 cm³/mol. The van der Waals surface area contributed by atoms with Gasteiger partial charge in [0.05, 0.1) is 19.6 Å². The summed E-state index contributed by atoms with van der Waals surface area (Å²) in [4.78, 5) is 26.3. The largest absolute Gasteiger partial charge is 0.493 e. The molecule has 0 aromatic heterocycles. The minimum atomic E-state index is -0.297. The molecule has 0 radical (unpaired) electrons. The summed E-state index contributed by atoms with van der Waals surface area (Å²) in [5, 5.41) is 12.3. The summed E-state index contributed by atoms with van der Waals surface area (Å²) in [6.45, 7) is 1.06. The first-order valence-corrected chi connectivity index (χ1v) is 9.65. The zero-order chi connectivity index (χ0) is 20.6. The van der Waals surface area contributed by atoms with Crippen LogP contribution < -0.4 is 14.8 Å². The van der Waals surface area contributed by atoms with Crippen LogP contribution in [0.2, 0.25) is 0 Å². The van der Waals surface area contributed by atoms with Crippen molar-refractivity contribution in [3.63, 3.8) is 0 Å². The maximum absolute atomic E-state index is 12.4. The topological polar surface area (TPSA) is 88.1 Å². The maximum atomic E-state index is 12.4. The number of piperidine rings is 1. The molecule has 1 saturated heterocycles. The second-order valence-corrected chi connectivity index (χ2v) is 6.97. The van der Waals surface area contributed by atoms with Gasteiger partial charge in [0.25, 0.3) is 5.91 Å². The van der Waals surface area contributed by atoms with Crippen molar-refractivity contribution in [1.82, 2.24) is 4.90 Å². The number of likely N-dealkylation sites (tertiary alicyclic amines) is 1. The van der Waals surface area contributed by atoms with E-state index in [0.29, 0.717) is 49.5 Å². The second kappa shape index (κ2) is 9.93. The Morgan fingerprint density at radius 3 is 2.38 bits per heavy atom. The van der Waals surface area contributed by atoms with Gasteiger partial charge < -0.3 is 24.8 Å². The minimum absolute atomic E-state index is 0.0545. The fourth-order valence-corrected chi connectivity index (χ4v) is 3.19. The zero-order valence-corrected chi connectivity index (χ0v) is 16.5. The van der Waals surface area contributed by atoms with Gasteiger partial charge in [0, 0.05) is 18.8 Å². The Labute approximate surface area is 170 Å². The van der Waals surface area contributed by atoms with Crippen LogP contribution in [0.3, 0.4) is 0 Å². The van der Waals surface area contributed by atoms with Gasteiger partial charge in [0.15, 0.2) is 18.1 Å². The fourth-order valence-electron chi connectivity index (χ4n) is 3.19. The number of methoxy groups -OCH3 is 1. The van der Waals surface area contributed by atoms with Gasteiger partial charge in [0.2, 0.25) is 5.91 Å². The number of para-hydroxylation sites is 2. The fraction of sp³-hybridized carbons (Fsp3) is 0.364. The van der Waals surface area contributed by atoms with Crippen LogP contribution in [0.25, 0.3) is 0 Å². The van der Waals surface area contributed by atoms with E-state index in [0.717, 1.165) is 5.56 Å². The van der Waals surface area contributed by atoms with Crippen molar-refractivity contribution >= 4 is 17.5 Å². The lowest BCUT2D eigenvalue weighted by Gasteiger charge is -2.29. The van der Waals surface area contributed by atoms with Crippen molar-refractivity contribution in [2.75, 3.05) is 32.1 Å². The Bertz CT molecular complexity index is 829. The number of rotatable bonds is 7. The number of hydrogen-bond acceptors (Lipinski definition) is 5. The van der Waals surface area contributed by atoms with Gasteiger partial charge in [-0.15, -0.1) is 0 Å². The number of hydrogen-bond donors (Lipinski definition) is 2. The van der Waals surface area contributed by atoms with Gasteiger partial charge in [-0.25, -0.2) is 0 Å². The van der Waals surface area contributed by atoms with Gasteiger partial charge in [0.1, 0.15) is 0 Å². The Morgan fingerprint density at radius 2 is 1.72 bits per heavy atom. The average Bonchev–Trinajstić information content (AvgIpc) is 2.74. The molecule has 0 spiro atoms. The lowest BCUT2D eigenvalue weighted by atomic mass is 10.1. The highest BCUT2D eigenvalue weighted by atomic mass is 16.5. The first-order valence-electron chi connectivity index (χ1n) is 9.65. The van der Waals surface area contributed by atoms with E-state index in [2.05, 4.69) is 5.32 Å². The van der Waals surface area contributed by atoms with Crippen LogP contribution in [-0.4, -0.2) is 54.7 Å². The molecule has 2 aromatic carbocycles. The van der Waals surface area contributed by atoms with Crippen LogP contribution in [0, 0.1) is 0 Å². The molecule has 1 aliphatic heterocycles. The molecule has 0 atom stereocenters. The van der Waals surface area contributed by atoms with E-state index in [1.807, 2.05) is 24.3 Å². The summed E-state index contributed by atoms with van der Waals surface area (Å²) in [5.74, 6) is 0.840. The monoisotopic (exact) mass is 398 g/mol. The molecule has 2 amide bonds. The van der Waals surface area contributed by atoms with Gasteiger partial charge >= 0.3 is 0 Å². The van der Waals surface area contributed by atoms with E-state index >= 15 is 0 Å². The highest BCUT2D eigenvalue weighted by Crippen LogP contribution is 2.25. The number of carbonyl (C=O) groups is 2. The molecule has 154 valence electrons. The number of ether oxygens (including phenoxy) is 2. The molecule has 1 heterocycles. The molecule has 2 N–H and O–H groups in total. The van der Waals surface area contributed by atoms with Crippen molar-refractivity contribution in [2.24, 2.45) is 0 Å². The van der Waals surface area contributed by atoms with E-state index in [1.165, 1.54) is 0 Å². The number of aliphatic hydroxyl groups excluding tert-OH is 1. The van der Waals surface area contributed by atoms with Gasteiger partial charge in [-0.2, -0.15) is 0 Å². The van der Waals surface area contributed by atoms with Crippen LogP contribution in [0.1, 0.15) is 18.4 Å². The maximum Gasteiger partial charge on any atom is 0.262 e. The van der Waals surface area contributed by atoms with E-state index in [9.17, 15) is 14.7 Å². The highest BCUT2D eigenvalue weighted by molar-refractivity contribution is 5.92. The lowest BCUT2D eigenvalue weighted by molar-refractivity contribution is -0.132. The SMILES string of the molecule is COc1ccccc1OCC(=O)Nc1ccc(CC(=O)N2CCC(O)CC2)cc1. The summed E-state index contributed by atoms with van der Waals surface area (Å²) in [6, 6.07) is 14.3. The molecule has 7 nitrogen and oxygen atoms in total. The zero-order valence-electron chi connectivity index (χ0n) is 16.5. The quantitative estimate of drug-likeness (QED) is 0.747. The Morgan fingerprint density at radius 1 is 1.07 bits per heavy atom. The first-order chi connectivity index (χ1) is 14.0. The third-order valence-corrected chi connectivity index (χ3v) is 4.84. The predicted octanol–water partition coefficient (Wildman–Crippen LogP) is 2.24. The minimum Gasteiger partial charge on any atom is -0.493 e. The summed E-state index contributed by atoms with van der Waals surface area (Å²) in [5.41, 5.74) is 1.51. The van der Waals surface area contributed by atoms with Crippen molar-refractivity contribution < 1.29 is 24.2 Å². The Hall–Kier alpha value is -3.06. The third kappa shape index (κ3) is 5.96. The number of carbonyl (C=O) groups excluding carboxylic acids is 2. The van der Waals surface area contributed by atoms with Crippen molar-refractivity contribution in [3.8, 4) is 11.5 Å². The van der Waals surface area contributed by atoms with Crippen LogP contribution in [0.15, 0.2) is 48.5 Å². The average molecular weight is 398 g/mol. The van der Waals surface area contributed by atoms with Crippen LogP contribution in [0.5, 0.6) is 11.5 Å². The molecule has 0 unspecified atom stereocenters. The van der Waals surface area contributed by atoms with Crippen molar-refractivity contribution in [3.05, 3.63) is 54.1 Å². The van der Waals surface area contributed by atoms with Crippen molar-refractivity contribution in [1.29, 1.82) is 0 Å². The molecule has 7 heteroatoms. The molecule has 1 fully saturated rings. The molecule has 0 bridgehead atoms. The van der Waals surface area contributed by atoms with E-state index in [1.54, 1.807) is 36.3 Å². The molecular formula is C22H26N2O5. The third-order valence-electron chi connectivity index (χ3n) is 4.84. The molecule has 0 aliphatic carbocycles. The van der Waals surface area contributed by atoms with E-state index < -0.39 is 0 Å². The van der Waals surface area contributed by atoms with Crippen LogP contribution in [-0.2, 0) is 16.0 Å². The van der Waals surface area contributed by atoms with Crippen LogP contribution >= 0.6 is 0 Å².